The Morgan fingerprint density at radius 1 is 0.967 bits per heavy atom. The van der Waals surface area contributed by atoms with Crippen LogP contribution in [-0.2, 0) is 23.1 Å². The molecule has 8 nitrogen and oxygen atoms in total. The van der Waals surface area contributed by atoms with Crippen LogP contribution in [0.3, 0.4) is 0 Å². The molecule has 0 aromatic carbocycles. The lowest BCUT2D eigenvalue weighted by molar-refractivity contribution is -0.141. The van der Waals surface area contributed by atoms with Gasteiger partial charge >= 0.3 is 0 Å². The first kappa shape index (κ1) is 20.5. The number of carbonyl (C=O) groups is 2. The summed E-state index contributed by atoms with van der Waals surface area (Å²) < 4.78 is 1.94. The van der Waals surface area contributed by atoms with Crippen LogP contribution in [0.15, 0.2) is 24.9 Å². The monoisotopic (exact) mass is 410 g/mol. The summed E-state index contributed by atoms with van der Waals surface area (Å²) in [5.41, 5.74) is 2.80. The van der Waals surface area contributed by atoms with Crippen LogP contribution in [0, 0.1) is 11.8 Å². The van der Waals surface area contributed by atoms with Crippen molar-refractivity contribution in [2.45, 2.75) is 39.0 Å². The molecule has 0 unspecified atom stereocenters. The predicted octanol–water partition coefficient (Wildman–Crippen LogP) is 1.92. The van der Waals surface area contributed by atoms with Crippen molar-refractivity contribution in [2.75, 3.05) is 26.2 Å². The van der Waals surface area contributed by atoms with Crippen molar-refractivity contribution >= 4 is 11.8 Å². The van der Waals surface area contributed by atoms with Crippen LogP contribution in [0.1, 0.15) is 38.3 Å². The summed E-state index contributed by atoms with van der Waals surface area (Å²) in [6, 6.07) is 0. The van der Waals surface area contributed by atoms with E-state index in [1.54, 1.807) is 25.6 Å². The Morgan fingerprint density at radius 3 is 2.30 bits per heavy atom. The van der Waals surface area contributed by atoms with Gasteiger partial charge in [0.1, 0.15) is 5.69 Å². The quantitative estimate of drug-likeness (QED) is 0.769. The van der Waals surface area contributed by atoms with Gasteiger partial charge in [0.25, 0.3) is 0 Å². The minimum Gasteiger partial charge on any atom is -0.343 e. The van der Waals surface area contributed by atoms with Crippen LogP contribution in [0.5, 0.6) is 0 Å². The zero-order chi connectivity index (χ0) is 21.1. The fourth-order valence-electron chi connectivity index (χ4n) is 4.58. The Bertz CT molecular complexity index is 895. The Hall–Kier alpha value is -2.77. The minimum atomic E-state index is 0.0681. The lowest BCUT2D eigenvalue weighted by Gasteiger charge is -2.37. The first-order valence-corrected chi connectivity index (χ1v) is 10.8. The van der Waals surface area contributed by atoms with Crippen molar-refractivity contribution in [3.63, 3.8) is 0 Å². The number of imidazole rings is 1. The number of carbonyl (C=O) groups excluding carboxylic acids is 2. The Morgan fingerprint density at radius 2 is 1.67 bits per heavy atom. The van der Waals surface area contributed by atoms with E-state index in [-0.39, 0.29) is 17.7 Å². The van der Waals surface area contributed by atoms with E-state index in [9.17, 15) is 9.59 Å². The maximum absolute atomic E-state index is 12.9. The van der Waals surface area contributed by atoms with Gasteiger partial charge in [0.15, 0.2) is 0 Å². The molecule has 0 aliphatic carbocycles. The number of aromatic nitrogens is 4. The van der Waals surface area contributed by atoms with Gasteiger partial charge < -0.3 is 14.4 Å². The number of nitrogens with zero attached hydrogens (tertiary/aromatic N) is 6. The van der Waals surface area contributed by atoms with Crippen LogP contribution < -0.4 is 0 Å². The maximum Gasteiger partial charge on any atom is 0.225 e. The number of hydrogen-bond donors (Lipinski definition) is 0. The lowest BCUT2D eigenvalue weighted by Crippen LogP contribution is -2.46. The van der Waals surface area contributed by atoms with E-state index in [0.29, 0.717) is 19.0 Å². The average molecular weight is 411 g/mol. The van der Waals surface area contributed by atoms with Crippen molar-refractivity contribution in [1.29, 1.82) is 0 Å². The second-order valence-electron chi connectivity index (χ2n) is 8.54. The van der Waals surface area contributed by atoms with Gasteiger partial charge in [0.05, 0.1) is 30.1 Å². The van der Waals surface area contributed by atoms with Crippen LogP contribution in [0.25, 0.3) is 11.4 Å². The van der Waals surface area contributed by atoms with Crippen molar-refractivity contribution < 1.29 is 9.59 Å². The molecule has 160 valence electrons. The third-order valence-corrected chi connectivity index (χ3v) is 6.48. The highest BCUT2D eigenvalue weighted by molar-refractivity contribution is 5.79. The maximum atomic E-state index is 12.9. The van der Waals surface area contributed by atoms with E-state index in [1.165, 1.54) is 0 Å². The molecule has 0 N–H and O–H groups in total. The SMILES string of the molecule is CC(=O)N1CCC(C(=O)N2CCC(Cc3cncc(-c4cncn4C)n3)CC2)CC1. The van der Waals surface area contributed by atoms with Crippen molar-refractivity contribution in [3.05, 3.63) is 30.6 Å². The fraction of sp³-hybridized carbons (Fsp3) is 0.591. The standard InChI is InChI=1S/C22H30N6O2/c1-16(29)27-9-5-18(6-10-27)22(30)28-7-3-17(4-8-28)11-19-12-23-13-20(25-19)21-14-24-15-26(21)2/h12-15,17-18H,3-11H2,1-2H3. The molecule has 2 saturated heterocycles. The molecule has 0 spiro atoms. The molecule has 30 heavy (non-hydrogen) atoms. The first-order chi connectivity index (χ1) is 14.5. The molecule has 2 fully saturated rings. The van der Waals surface area contributed by atoms with Gasteiger partial charge in [-0.3, -0.25) is 14.6 Å². The van der Waals surface area contributed by atoms with Crippen LogP contribution >= 0.6 is 0 Å². The largest absolute Gasteiger partial charge is 0.343 e. The number of aryl methyl sites for hydroxylation is 1. The molecular formula is C22H30N6O2. The number of hydrogen-bond acceptors (Lipinski definition) is 5. The third kappa shape index (κ3) is 4.52. The minimum absolute atomic E-state index is 0.0681. The van der Waals surface area contributed by atoms with E-state index in [2.05, 4.69) is 9.97 Å². The first-order valence-electron chi connectivity index (χ1n) is 10.8. The van der Waals surface area contributed by atoms with Crippen LogP contribution in [-0.4, -0.2) is 67.3 Å². The van der Waals surface area contributed by atoms with Gasteiger partial charge in [-0.1, -0.05) is 0 Å². The van der Waals surface area contributed by atoms with E-state index >= 15 is 0 Å². The second-order valence-corrected chi connectivity index (χ2v) is 8.54. The van der Waals surface area contributed by atoms with Gasteiger partial charge in [-0.2, -0.15) is 0 Å². The fourth-order valence-corrected chi connectivity index (χ4v) is 4.58. The number of piperidine rings is 2. The van der Waals surface area contributed by atoms with Crippen LogP contribution in [0.2, 0.25) is 0 Å². The number of rotatable bonds is 4. The molecule has 4 heterocycles. The topological polar surface area (TPSA) is 84.2 Å². The van der Waals surface area contributed by atoms with E-state index in [0.717, 1.165) is 62.3 Å². The molecule has 2 aromatic rings. The van der Waals surface area contributed by atoms with Crippen molar-refractivity contribution in [1.82, 2.24) is 29.3 Å². The van der Waals surface area contributed by atoms with Gasteiger partial charge in [0.2, 0.25) is 11.8 Å². The number of likely N-dealkylation sites (tertiary alicyclic amines) is 2. The lowest BCUT2D eigenvalue weighted by atomic mass is 9.90. The third-order valence-electron chi connectivity index (χ3n) is 6.48. The van der Waals surface area contributed by atoms with Crippen LogP contribution in [0.4, 0.5) is 0 Å². The number of amides is 2. The van der Waals surface area contributed by atoms with Gasteiger partial charge in [-0.15, -0.1) is 0 Å². The van der Waals surface area contributed by atoms with Gasteiger partial charge in [-0.25, -0.2) is 9.97 Å². The average Bonchev–Trinajstić information content (AvgIpc) is 3.20. The zero-order valence-corrected chi connectivity index (χ0v) is 17.8. The summed E-state index contributed by atoms with van der Waals surface area (Å²) in [6.07, 6.45) is 11.6. The van der Waals surface area contributed by atoms with E-state index in [1.807, 2.05) is 27.6 Å². The highest BCUT2D eigenvalue weighted by Gasteiger charge is 2.31. The second kappa shape index (κ2) is 8.93. The highest BCUT2D eigenvalue weighted by Crippen LogP contribution is 2.26. The highest BCUT2D eigenvalue weighted by atomic mass is 16.2. The summed E-state index contributed by atoms with van der Waals surface area (Å²) in [5.74, 6) is 0.968. The summed E-state index contributed by atoms with van der Waals surface area (Å²) in [5, 5.41) is 0. The molecule has 0 saturated carbocycles. The molecule has 8 heteroatoms. The smallest absolute Gasteiger partial charge is 0.225 e. The van der Waals surface area contributed by atoms with Gasteiger partial charge in [0, 0.05) is 52.3 Å². The normalized spacial score (nSPS) is 18.6. The molecule has 2 amide bonds. The predicted molar refractivity (Wildman–Crippen MR) is 112 cm³/mol. The summed E-state index contributed by atoms with van der Waals surface area (Å²) in [4.78, 5) is 41.6. The molecule has 4 rings (SSSR count). The molecule has 0 bridgehead atoms. The molecule has 0 atom stereocenters. The van der Waals surface area contributed by atoms with Crippen molar-refractivity contribution in [3.8, 4) is 11.4 Å². The molecule has 2 aliphatic heterocycles. The van der Waals surface area contributed by atoms with Crippen molar-refractivity contribution in [2.24, 2.45) is 18.9 Å². The van der Waals surface area contributed by atoms with E-state index < -0.39 is 0 Å². The van der Waals surface area contributed by atoms with Gasteiger partial charge in [-0.05, 0) is 38.0 Å². The Balaban J connectivity index is 1.29. The molecule has 2 aromatic heterocycles. The summed E-state index contributed by atoms with van der Waals surface area (Å²) in [6.45, 7) is 4.63. The summed E-state index contributed by atoms with van der Waals surface area (Å²) in [7, 11) is 1.95. The van der Waals surface area contributed by atoms with E-state index in [4.69, 9.17) is 4.98 Å². The Kier molecular flexibility index (Phi) is 6.11. The molecule has 2 aliphatic rings. The molecular weight excluding hydrogens is 380 g/mol. The summed E-state index contributed by atoms with van der Waals surface area (Å²) >= 11 is 0. The zero-order valence-electron chi connectivity index (χ0n) is 17.8. The molecule has 0 radical (unpaired) electrons. The Labute approximate surface area is 177 Å².